The van der Waals surface area contributed by atoms with Crippen LogP contribution in [0.2, 0.25) is 0 Å². The Hall–Kier alpha value is -1.39. The van der Waals surface area contributed by atoms with Crippen LogP contribution in [0.5, 0.6) is 0 Å². The number of rotatable bonds is 2. The van der Waals surface area contributed by atoms with Crippen LogP contribution < -0.4 is 5.32 Å². The lowest BCUT2D eigenvalue weighted by molar-refractivity contribution is -0.139. The number of ether oxygens (including phenoxy) is 1. The van der Waals surface area contributed by atoms with Crippen LogP contribution in [0.4, 0.5) is 0 Å². The van der Waals surface area contributed by atoms with Gasteiger partial charge in [-0.05, 0) is 12.8 Å². The van der Waals surface area contributed by atoms with E-state index in [-0.39, 0.29) is 24.4 Å². The molecule has 0 bridgehead atoms. The molecule has 16 heavy (non-hydrogen) atoms. The van der Waals surface area contributed by atoms with Gasteiger partial charge < -0.3 is 10.1 Å². The molecule has 88 valence electrons. The fourth-order valence-electron chi connectivity index (χ4n) is 2.28. The Morgan fingerprint density at radius 2 is 2.25 bits per heavy atom. The van der Waals surface area contributed by atoms with Crippen molar-refractivity contribution in [2.75, 3.05) is 7.11 Å². The van der Waals surface area contributed by atoms with Crippen molar-refractivity contribution in [1.82, 2.24) is 5.32 Å². The van der Waals surface area contributed by atoms with E-state index in [4.69, 9.17) is 0 Å². The SMILES string of the molecule is COC(=O)CC1=N[C@H]2CCCC[C@@H]2NC1=O. The van der Waals surface area contributed by atoms with Crippen molar-refractivity contribution >= 4 is 17.6 Å². The number of carbonyl (C=O) groups excluding carboxylic acids is 2. The lowest BCUT2D eigenvalue weighted by atomic mass is 9.89. The average molecular weight is 224 g/mol. The van der Waals surface area contributed by atoms with Gasteiger partial charge in [0, 0.05) is 0 Å². The van der Waals surface area contributed by atoms with Crippen molar-refractivity contribution in [3.8, 4) is 0 Å². The number of aliphatic imine (C=N–C) groups is 1. The summed E-state index contributed by atoms with van der Waals surface area (Å²) in [5.41, 5.74) is 0.315. The Balaban J connectivity index is 2.09. The molecule has 2 atom stereocenters. The number of esters is 1. The van der Waals surface area contributed by atoms with Crippen molar-refractivity contribution in [2.24, 2.45) is 4.99 Å². The van der Waals surface area contributed by atoms with Gasteiger partial charge in [-0.3, -0.25) is 14.6 Å². The van der Waals surface area contributed by atoms with Gasteiger partial charge in [0.05, 0.1) is 25.6 Å². The number of hydrogen-bond donors (Lipinski definition) is 1. The van der Waals surface area contributed by atoms with E-state index in [1.165, 1.54) is 7.11 Å². The molecule has 5 nitrogen and oxygen atoms in total. The zero-order valence-electron chi connectivity index (χ0n) is 9.36. The summed E-state index contributed by atoms with van der Waals surface area (Å²) >= 11 is 0. The molecule has 0 aromatic carbocycles. The first-order valence-corrected chi connectivity index (χ1v) is 5.65. The molecule has 1 fully saturated rings. The second-order valence-corrected chi connectivity index (χ2v) is 4.26. The molecule has 2 aliphatic rings. The first-order chi connectivity index (χ1) is 7.70. The summed E-state index contributed by atoms with van der Waals surface area (Å²) in [6, 6.07) is 0.328. The fourth-order valence-corrected chi connectivity index (χ4v) is 2.28. The summed E-state index contributed by atoms with van der Waals surface area (Å²) in [4.78, 5) is 27.1. The molecule has 0 aromatic rings. The van der Waals surface area contributed by atoms with Crippen LogP contribution >= 0.6 is 0 Å². The second-order valence-electron chi connectivity index (χ2n) is 4.26. The molecule has 1 N–H and O–H groups in total. The Morgan fingerprint density at radius 3 is 3.00 bits per heavy atom. The van der Waals surface area contributed by atoms with E-state index < -0.39 is 5.97 Å². The van der Waals surface area contributed by atoms with Gasteiger partial charge in [0.25, 0.3) is 5.91 Å². The van der Waals surface area contributed by atoms with E-state index in [0.29, 0.717) is 5.71 Å². The summed E-state index contributed by atoms with van der Waals surface area (Å²) in [6.07, 6.45) is 4.25. The molecule has 0 saturated heterocycles. The number of amides is 1. The van der Waals surface area contributed by atoms with Crippen molar-refractivity contribution in [3.63, 3.8) is 0 Å². The van der Waals surface area contributed by atoms with Gasteiger partial charge in [-0.1, -0.05) is 12.8 Å². The molecule has 5 heteroatoms. The standard InChI is InChI=1S/C11H16N2O3/c1-16-10(14)6-9-11(15)13-8-5-3-2-4-7(8)12-9/h7-8H,2-6H2,1H3,(H,13,15)/t7-,8-/m0/s1. The first-order valence-electron chi connectivity index (χ1n) is 5.65. The fraction of sp³-hybridized carbons (Fsp3) is 0.727. The van der Waals surface area contributed by atoms with Crippen LogP contribution in [0, 0.1) is 0 Å². The molecule has 1 aliphatic carbocycles. The lowest BCUT2D eigenvalue weighted by Gasteiger charge is -2.33. The highest BCUT2D eigenvalue weighted by molar-refractivity contribution is 6.42. The highest BCUT2D eigenvalue weighted by atomic mass is 16.5. The zero-order valence-corrected chi connectivity index (χ0v) is 9.36. The monoisotopic (exact) mass is 224 g/mol. The number of carbonyl (C=O) groups is 2. The Morgan fingerprint density at radius 1 is 1.50 bits per heavy atom. The number of methoxy groups -OCH3 is 1. The maximum Gasteiger partial charge on any atom is 0.311 e. The van der Waals surface area contributed by atoms with E-state index in [0.717, 1.165) is 25.7 Å². The molecule has 1 saturated carbocycles. The Kier molecular flexibility index (Phi) is 3.22. The summed E-state index contributed by atoms with van der Waals surface area (Å²) < 4.78 is 4.54. The van der Waals surface area contributed by atoms with Crippen LogP contribution in [-0.4, -0.2) is 36.8 Å². The summed E-state index contributed by atoms with van der Waals surface area (Å²) in [5, 5.41) is 2.92. The van der Waals surface area contributed by atoms with Gasteiger partial charge in [-0.25, -0.2) is 0 Å². The van der Waals surface area contributed by atoms with Crippen molar-refractivity contribution in [2.45, 2.75) is 44.2 Å². The van der Waals surface area contributed by atoms with Gasteiger partial charge in [0.15, 0.2) is 0 Å². The minimum atomic E-state index is -0.414. The molecule has 0 radical (unpaired) electrons. The maximum atomic E-state index is 11.7. The van der Waals surface area contributed by atoms with E-state index in [9.17, 15) is 9.59 Å². The third-order valence-electron chi connectivity index (χ3n) is 3.17. The van der Waals surface area contributed by atoms with Crippen molar-refractivity contribution in [3.05, 3.63) is 0 Å². The molecule has 0 spiro atoms. The number of nitrogens with one attached hydrogen (secondary N) is 1. The second kappa shape index (κ2) is 4.63. The van der Waals surface area contributed by atoms with Crippen molar-refractivity contribution < 1.29 is 14.3 Å². The highest BCUT2D eigenvalue weighted by Crippen LogP contribution is 2.24. The van der Waals surface area contributed by atoms with Crippen molar-refractivity contribution in [1.29, 1.82) is 0 Å². The van der Waals surface area contributed by atoms with Crippen LogP contribution in [0.15, 0.2) is 4.99 Å². The normalized spacial score (nSPS) is 28.8. The molecular formula is C11H16N2O3. The summed E-state index contributed by atoms with van der Waals surface area (Å²) in [6.45, 7) is 0. The van der Waals surface area contributed by atoms with Crippen LogP contribution in [0.25, 0.3) is 0 Å². The zero-order chi connectivity index (χ0) is 11.5. The molecule has 1 aliphatic heterocycles. The highest BCUT2D eigenvalue weighted by Gasteiger charge is 2.33. The molecule has 2 rings (SSSR count). The molecule has 0 aromatic heterocycles. The smallest absolute Gasteiger partial charge is 0.311 e. The third-order valence-corrected chi connectivity index (χ3v) is 3.17. The van der Waals surface area contributed by atoms with Crippen LogP contribution in [-0.2, 0) is 14.3 Å². The van der Waals surface area contributed by atoms with Crippen LogP contribution in [0.3, 0.4) is 0 Å². The summed E-state index contributed by atoms with van der Waals surface area (Å²) in [5.74, 6) is -0.628. The molecule has 1 heterocycles. The van der Waals surface area contributed by atoms with Gasteiger partial charge in [0.1, 0.15) is 5.71 Å². The first kappa shape index (κ1) is 11.1. The van der Waals surface area contributed by atoms with Crippen LogP contribution in [0.1, 0.15) is 32.1 Å². The lowest BCUT2D eigenvalue weighted by Crippen LogP contribution is -2.51. The average Bonchev–Trinajstić information content (AvgIpc) is 2.30. The number of nitrogens with zero attached hydrogens (tertiary/aromatic N) is 1. The summed E-state index contributed by atoms with van der Waals surface area (Å²) in [7, 11) is 1.31. The third kappa shape index (κ3) is 2.23. The molecular weight excluding hydrogens is 208 g/mol. The quantitative estimate of drug-likeness (QED) is 0.692. The number of hydrogen-bond acceptors (Lipinski definition) is 4. The van der Waals surface area contributed by atoms with Gasteiger partial charge >= 0.3 is 5.97 Å². The topological polar surface area (TPSA) is 67.8 Å². The van der Waals surface area contributed by atoms with E-state index in [2.05, 4.69) is 15.0 Å². The van der Waals surface area contributed by atoms with E-state index in [1.807, 2.05) is 0 Å². The molecule has 1 amide bonds. The van der Waals surface area contributed by atoms with E-state index in [1.54, 1.807) is 0 Å². The van der Waals surface area contributed by atoms with Gasteiger partial charge in [-0.2, -0.15) is 0 Å². The van der Waals surface area contributed by atoms with E-state index >= 15 is 0 Å². The Labute approximate surface area is 94.3 Å². The largest absolute Gasteiger partial charge is 0.469 e. The molecule has 0 unspecified atom stereocenters. The predicted octanol–water partition coefficient (Wildman–Crippen LogP) is 0.431. The minimum absolute atomic E-state index is 0.0223. The van der Waals surface area contributed by atoms with Gasteiger partial charge in [0.2, 0.25) is 0 Å². The number of fused-ring (bicyclic) bond motifs is 1. The van der Waals surface area contributed by atoms with Gasteiger partial charge in [-0.15, -0.1) is 0 Å². The minimum Gasteiger partial charge on any atom is -0.469 e. The maximum absolute atomic E-state index is 11.7. The Bertz CT molecular complexity index is 338. The predicted molar refractivity (Wildman–Crippen MR) is 58.3 cm³/mol.